The van der Waals surface area contributed by atoms with Crippen LogP contribution in [-0.4, -0.2) is 15.6 Å². The number of benzene rings is 1. The van der Waals surface area contributed by atoms with E-state index in [2.05, 4.69) is 18.9 Å². The van der Waals surface area contributed by atoms with Crippen LogP contribution in [0.3, 0.4) is 0 Å². The van der Waals surface area contributed by atoms with E-state index in [1.54, 1.807) is 6.07 Å². The van der Waals surface area contributed by atoms with Crippen molar-refractivity contribution in [2.24, 2.45) is 0 Å². The summed E-state index contributed by atoms with van der Waals surface area (Å²) in [4.78, 5) is 12.0. The van der Waals surface area contributed by atoms with E-state index in [9.17, 15) is 4.79 Å². The smallest absolute Gasteiger partial charge is 0.143 e. The van der Waals surface area contributed by atoms with E-state index in [1.165, 1.54) is 0 Å². The number of aromatic nitrogens is 2. The molecule has 19 heavy (non-hydrogen) atoms. The molecule has 2 aromatic rings. The lowest BCUT2D eigenvalue weighted by molar-refractivity contribution is -0.117. The number of carbonyl (C=O) groups excluding carboxylic acids is 1. The van der Waals surface area contributed by atoms with Gasteiger partial charge in [-0.15, -0.1) is 0 Å². The number of hydrogen-bond donors (Lipinski definition) is 0. The van der Waals surface area contributed by atoms with Crippen LogP contribution in [0.25, 0.3) is 0 Å². The first-order chi connectivity index (χ1) is 9.04. The summed E-state index contributed by atoms with van der Waals surface area (Å²) in [7, 11) is 0. The average molecular weight is 277 g/mol. The molecule has 0 saturated carbocycles. The highest BCUT2D eigenvalue weighted by molar-refractivity contribution is 6.30. The maximum atomic E-state index is 12.0. The highest BCUT2D eigenvalue weighted by Crippen LogP contribution is 2.12. The SMILES string of the molecule is CC(C)n1ccc(CC(=O)Cc2cccc(Cl)c2)n1. The van der Waals surface area contributed by atoms with Crippen LogP contribution in [0.15, 0.2) is 36.5 Å². The molecule has 0 unspecified atom stereocenters. The molecule has 0 amide bonds. The van der Waals surface area contributed by atoms with Crippen molar-refractivity contribution in [2.75, 3.05) is 0 Å². The third-order valence-corrected chi connectivity index (χ3v) is 3.10. The number of carbonyl (C=O) groups is 1. The van der Waals surface area contributed by atoms with E-state index in [0.29, 0.717) is 23.9 Å². The molecule has 0 saturated heterocycles. The summed E-state index contributed by atoms with van der Waals surface area (Å²) in [6.45, 7) is 4.12. The molecule has 1 heterocycles. The number of nitrogens with zero attached hydrogens (tertiary/aromatic N) is 2. The summed E-state index contributed by atoms with van der Waals surface area (Å²) in [5.41, 5.74) is 1.77. The zero-order valence-corrected chi connectivity index (χ0v) is 11.9. The van der Waals surface area contributed by atoms with Gasteiger partial charge in [0.15, 0.2) is 0 Å². The number of rotatable bonds is 5. The van der Waals surface area contributed by atoms with Gasteiger partial charge in [0, 0.05) is 23.7 Å². The Kier molecular flexibility index (Phi) is 4.38. The molecule has 0 N–H and O–H groups in total. The van der Waals surface area contributed by atoms with Crippen molar-refractivity contribution in [1.82, 2.24) is 9.78 Å². The summed E-state index contributed by atoms with van der Waals surface area (Å²) >= 11 is 5.90. The maximum Gasteiger partial charge on any atom is 0.143 e. The second-order valence-corrected chi connectivity index (χ2v) is 5.34. The highest BCUT2D eigenvalue weighted by atomic mass is 35.5. The van der Waals surface area contributed by atoms with Gasteiger partial charge < -0.3 is 0 Å². The molecule has 1 aromatic heterocycles. The molecule has 3 nitrogen and oxygen atoms in total. The highest BCUT2D eigenvalue weighted by Gasteiger charge is 2.09. The molecule has 100 valence electrons. The second kappa shape index (κ2) is 6.02. The Balaban J connectivity index is 1.97. The molecule has 2 rings (SSSR count). The first-order valence-corrected chi connectivity index (χ1v) is 6.72. The topological polar surface area (TPSA) is 34.9 Å². The minimum absolute atomic E-state index is 0.149. The molecule has 0 fully saturated rings. The summed E-state index contributed by atoms with van der Waals surface area (Å²) in [5, 5.41) is 5.04. The van der Waals surface area contributed by atoms with Gasteiger partial charge in [0.2, 0.25) is 0 Å². The molecule has 0 bridgehead atoms. The fraction of sp³-hybridized carbons (Fsp3) is 0.333. The number of Topliss-reactive ketones (excluding diaryl/α,β-unsaturated/α-hetero) is 1. The van der Waals surface area contributed by atoms with Gasteiger partial charge >= 0.3 is 0 Å². The lowest BCUT2D eigenvalue weighted by Crippen LogP contribution is -2.08. The van der Waals surface area contributed by atoms with E-state index in [0.717, 1.165) is 11.3 Å². The predicted molar refractivity (Wildman–Crippen MR) is 76.5 cm³/mol. The van der Waals surface area contributed by atoms with Crippen molar-refractivity contribution >= 4 is 17.4 Å². The van der Waals surface area contributed by atoms with Crippen molar-refractivity contribution in [1.29, 1.82) is 0 Å². The average Bonchev–Trinajstić information content (AvgIpc) is 2.77. The molecular formula is C15H17ClN2O. The first-order valence-electron chi connectivity index (χ1n) is 6.35. The Bertz CT molecular complexity index is 575. The van der Waals surface area contributed by atoms with Crippen molar-refractivity contribution in [3.05, 3.63) is 52.8 Å². The van der Waals surface area contributed by atoms with Gasteiger partial charge in [-0.25, -0.2) is 0 Å². The van der Waals surface area contributed by atoms with Crippen LogP contribution in [0, 0.1) is 0 Å². The van der Waals surface area contributed by atoms with Crippen LogP contribution in [0.2, 0.25) is 5.02 Å². The van der Waals surface area contributed by atoms with Gasteiger partial charge in [-0.2, -0.15) is 5.10 Å². The fourth-order valence-corrected chi connectivity index (χ4v) is 2.11. The van der Waals surface area contributed by atoms with Gasteiger partial charge in [0.25, 0.3) is 0 Å². The van der Waals surface area contributed by atoms with E-state index in [1.807, 2.05) is 35.1 Å². The monoisotopic (exact) mass is 276 g/mol. The van der Waals surface area contributed by atoms with Gasteiger partial charge in [-0.3, -0.25) is 9.48 Å². The second-order valence-electron chi connectivity index (χ2n) is 4.90. The third kappa shape index (κ3) is 3.93. The Morgan fingerprint density at radius 2 is 2.11 bits per heavy atom. The third-order valence-electron chi connectivity index (χ3n) is 2.86. The lowest BCUT2D eigenvalue weighted by atomic mass is 10.1. The van der Waals surface area contributed by atoms with E-state index >= 15 is 0 Å². The Hall–Kier alpha value is -1.61. The van der Waals surface area contributed by atoms with Crippen molar-refractivity contribution < 1.29 is 4.79 Å². The normalized spacial score (nSPS) is 10.9. The van der Waals surface area contributed by atoms with Crippen LogP contribution in [0.4, 0.5) is 0 Å². The Morgan fingerprint density at radius 3 is 2.74 bits per heavy atom. The van der Waals surface area contributed by atoms with Crippen LogP contribution in [-0.2, 0) is 17.6 Å². The van der Waals surface area contributed by atoms with Crippen molar-refractivity contribution in [3.8, 4) is 0 Å². The first kappa shape index (κ1) is 13.8. The van der Waals surface area contributed by atoms with Gasteiger partial charge in [0.05, 0.1) is 12.1 Å². The van der Waals surface area contributed by atoms with Crippen LogP contribution >= 0.6 is 11.6 Å². The fourth-order valence-electron chi connectivity index (χ4n) is 1.90. The van der Waals surface area contributed by atoms with Gasteiger partial charge in [-0.05, 0) is 37.6 Å². The van der Waals surface area contributed by atoms with Crippen LogP contribution in [0.5, 0.6) is 0 Å². The molecule has 0 radical (unpaired) electrons. The van der Waals surface area contributed by atoms with Gasteiger partial charge in [0.1, 0.15) is 5.78 Å². The number of hydrogen-bond acceptors (Lipinski definition) is 2. The summed E-state index contributed by atoms with van der Waals surface area (Å²) < 4.78 is 1.86. The summed E-state index contributed by atoms with van der Waals surface area (Å²) in [6.07, 6.45) is 2.67. The molecule has 1 aromatic carbocycles. The quantitative estimate of drug-likeness (QED) is 0.838. The zero-order valence-electron chi connectivity index (χ0n) is 11.1. The molecular weight excluding hydrogens is 260 g/mol. The standard InChI is InChI=1S/C15H17ClN2O/c1-11(2)18-7-6-14(17-18)10-15(19)9-12-4-3-5-13(16)8-12/h3-8,11H,9-10H2,1-2H3. The molecule has 0 aliphatic rings. The maximum absolute atomic E-state index is 12.0. The van der Waals surface area contributed by atoms with Crippen LogP contribution in [0.1, 0.15) is 31.1 Å². The van der Waals surface area contributed by atoms with Crippen molar-refractivity contribution in [2.45, 2.75) is 32.7 Å². The Labute approximate surface area is 118 Å². The molecule has 4 heteroatoms. The minimum Gasteiger partial charge on any atom is -0.299 e. The van der Waals surface area contributed by atoms with E-state index < -0.39 is 0 Å². The van der Waals surface area contributed by atoms with E-state index in [4.69, 9.17) is 11.6 Å². The zero-order chi connectivity index (χ0) is 13.8. The molecule has 0 atom stereocenters. The minimum atomic E-state index is 0.149. The number of halogens is 1. The lowest BCUT2D eigenvalue weighted by Gasteiger charge is -2.04. The van der Waals surface area contributed by atoms with E-state index in [-0.39, 0.29) is 5.78 Å². The van der Waals surface area contributed by atoms with Crippen LogP contribution < -0.4 is 0 Å². The predicted octanol–water partition coefficient (Wildman–Crippen LogP) is 3.47. The summed E-state index contributed by atoms with van der Waals surface area (Å²) in [5.74, 6) is 0.149. The summed E-state index contributed by atoms with van der Waals surface area (Å²) in [6, 6.07) is 9.62. The molecule has 0 spiro atoms. The van der Waals surface area contributed by atoms with Gasteiger partial charge in [-0.1, -0.05) is 23.7 Å². The molecule has 0 aliphatic heterocycles. The largest absolute Gasteiger partial charge is 0.299 e. The molecule has 0 aliphatic carbocycles. The van der Waals surface area contributed by atoms with Crippen molar-refractivity contribution in [3.63, 3.8) is 0 Å². The number of ketones is 1. The Morgan fingerprint density at radius 1 is 1.32 bits per heavy atom.